The highest BCUT2D eigenvalue weighted by Crippen LogP contribution is 2.41. The topological polar surface area (TPSA) is 185 Å². The largest absolute Gasteiger partial charge is 0.479 e. The maximum Gasteiger partial charge on any atom is 0.352 e. The highest BCUT2D eigenvalue weighted by Gasteiger charge is 2.54. The number of aromatic nitrogens is 1. The first-order valence-electron chi connectivity index (χ1n) is 8.70. The summed E-state index contributed by atoms with van der Waals surface area (Å²) in [6.45, 7) is 0.973. The first-order valence-corrected chi connectivity index (χ1v) is 10.9. The second-order valence-corrected chi connectivity index (χ2v) is 8.99. The van der Waals surface area contributed by atoms with Crippen LogP contribution in [0.3, 0.4) is 0 Å². The fraction of sp³-hybridized carbons (Fsp3) is 0.375. The third-order valence-electron chi connectivity index (χ3n) is 4.35. The summed E-state index contributed by atoms with van der Waals surface area (Å²) in [4.78, 5) is 57.4. The average Bonchev–Trinajstić information content (AvgIpc) is 3.05. The molecule has 0 bridgehead atoms. The summed E-state index contributed by atoms with van der Waals surface area (Å²) in [5.74, 6) is -3.64. The van der Waals surface area contributed by atoms with Gasteiger partial charge in [0.2, 0.25) is 6.61 Å². The van der Waals surface area contributed by atoms with E-state index in [0.717, 1.165) is 16.2 Å². The number of amides is 2. The van der Waals surface area contributed by atoms with E-state index < -0.39 is 47.5 Å². The molecule has 0 saturated carbocycles. The molecular weight excluding hydrogens is 474 g/mol. The molecule has 3 heterocycles. The normalized spacial score (nSPS) is 20.8. The van der Waals surface area contributed by atoms with Crippen molar-refractivity contribution < 1.29 is 34.2 Å². The maximum absolute atomic E-state index is 12.8. The van der Waals surface area contributed by atoms with Gasteiger partial charge in [0.1, 0.15) is 27.1 Å². The summed E-state index contributed by atoms with van der Waals surface area (Å²) in [5.41, 5.74) is 5.54. The lowest BCUT2D eigenvalue weighted by Crippen LogP contribution is -2.71. The number of thiazole rings is 1. The molecule has 3 rings (SSSR count). The molecular formula is C16H16ClN5O7S2. The molecule has 166 valence electrons. The van der Waals surface area contributed by atoms with Gasteiger partial charge in [0, 0.05) is 5.75 Å². The molecule has 2 unspecified atom stereocenters. The summed E-state index contributed by atoms with van der Waals surface area (Å²) in [7, 11) is 0. The van der Waals surface area contributed by atoms with Gasteiger partial charge in [-0.05, 0) is 12.0 Å². The van der Waals surface area contributed by atoms with Crippen molar-refractivity contribution in [3.05, 3.63) is 21.3 Å². The Balaban J connectivity index is 1.82. The van der Waals surface area contributed by atoms with E-state index in [-0.39, 0.29) is 20.9 Å². The van der Waals surface area contributed by atoms with E-state index in [1.807, 2.05) is 0 Å². The molecule has 5 N–H and O–H groups in total. The van der Waals surface area contributed by atoms with Crippen molar-refractivity contribution in [2.75, 3.05) is 18.1 Å². The number of nitrogens with two attached hydrogens (primary N) is 1. The number of anilines is 1. The number of nitrogens with zero attached hydrogens (tertiary/aromatic N) is 3. The van der Waals surface area contributed by atoms with Crippen LogP contribution in [0, 0.1) is 0 Å². The molecule has 0 aliphatic carbocycles. The van der Waals surface area contributed by atoms with E-state index >= 15 is 0 Å². The van der Waals surface area contributed by atoms with Crippen molar-refractivity contribution in [3.63, 3.8) is 0 Å². The zero-order chi connectivity index (χ0) is 22.9. The van der Waals surface area contributed by atoms with E-state index in [0.29, 0.717) is 17.7 Å². The fourth-order valence-electron chi connectivity index (χ4n) is 2.97. The zero-order valence-corrected chi connectivity index (χ0v) is 18.2. The molecule has 1 aromatic heterocycles. The lowest BCUT2D eigenvalue weighted by molar-refractivity contribution is -0.150. The standard InChI is InChI=1S/C16H16ClN5O7S2/c1-2-5-4-30-14-9(13(26)22(14)10(5)15(27)28)19-12(25)8(21-29-3-6(23)24)7-11(17)31-16(18)20-7/h9,14H,2-4H2,1H3,(H2,18,20)(H,19,25)(H,23,24)(H,27,28)/b21-8+. The molecule has 31 heavy (non-hydrogen) atoms. The van der Waals surface area contributed by atoms with Crippen molar-refractivity contribution >= 4 is 69.3 Å². The van der Waals surface area contributed by atoms with Crippen molar-refractivity contribution in [1.82, 2.24) is 15.2 Å². The summed E-state index contributed by atoms with van der Waals surface area (Å²) < 4.78 is 0.0163. The molecule has 0 spiro atoms. The van der Waals surface area contributed by atoms with Gasteiger partial charge in [-0.25, -0.2) is 14.6 Å². The molecule has 1 fully saturated rings. The van der Waals surface area contributed by atoms with E-state index in [4.69, 9.17) is 22.4 Å². The third-order valence-corrected chi connectivity index (χ3v) is 6.77. The van der Waals surface area contributed by atoms with Crippen LogP contribution in [0.25, 0.3) is 0 Å². The SMILES string of the molecule is CCC1=C(C(=O)O)N2C(=O)C(NC(=O)/C(=N/OCC(=O)O)c3nc(N)sc3Cl)C2SC1. The van der Waals surface area contributed by atoms with Crippen molar-refractivity contribution in [2.24, 2.45) is 5.16 Å². The Kier molecular flexibility index (Phi) is 6.71. The predicted octanol–water partition coefficient (Wildman–Crippen LogP) is 0.333. The van der Waals surface area contributed by atoms with Crippen LogP contribution in [0.5, 0.6) is 0 Å². The Labute approximate surface area is 188 Å². The van der Waals surface area contributed by atoms with Gasteiger partial charge >= 0.3 is 11.9 Å². The van der Waals surface area contributed by atoms with Crippen LogP contribution in [-0.2, 0) is 24.0 Å². The van der Waals surface area contributed by atoms with Crippen LogP contribution in [0.4, 0.5) is 5.13 Å². The van der Waals surface area contributed by atoms with Crippen LogP contribution >= 0.6 is 34.7 Å². The number of nitrogen functional groups attached to an aromatic ring is 1. The van der Waals surface area contributed by atoms with Gasteiger partial charge in [0.25, 0.3) is 11.8 Å². The smallest absolute Gasteiger partial charge is 0.352 e. The summed E-state index contributed by atoms with van der Waals surface area (Å²) in [5, 5.41) is 23.6. The molecule has 1 aromatic rings. The highest BCUT2D eigenvalue weighted by molar-refractivity contribution is 8.00. The Morgan fingerprint density at radius 1 is 1.42 bits per heavy atom. The number of halogens is 1. The monoisotopic (exact) mass is 489 g/mol. The zero-order valence-electron chi connectivity index (χ0n) is 15.8. The number of hydrogen-bond donors (Lipinski definition) is 4. The van der Waals surface area contributed by atoms with E-state index in [1.165, 1.54) is 11.8 Å². The number of carboxylic acids is 2. The van der Waals surface area contributed by atoms with Gasteiger partial charge < -0.3 is 26.1 Å². The molecule has 12 nitrogen and oxygen atoms in total. The quantitative estimate of drug-likeness (QED) is 0.225. The van der Waals surface area contributed by atoms with E-state index in [1.54, 1.807) is 6.92 Å². The first kappa shape index (κ1) is 22.8. The number of fused-ring (bicyclic) bond motifs is 1. The average molecular weight is 490 g/mol. The number of carbonyl (C=O) groups is 4. The van der Waals surface area contributed by atoms with Crippen LogP contribution in [-0.4, -0.2) is 73.3 Å². The number of oxime groups is 1. The number of aliphatic carboxylic acids is 2. The van der Waals surface area contributed by atoms with Gasteiger partial charge in [-0.1, -0.05) is 35.0 Å². The minimum absolute atomic E-state index is 0.0163. The second-order valence-electron chi connectivity index (χ2n) is 6.25. The first-order chi connectivity index (χ1) is 14.6. The van der Waals surface area contributed by atoms with Crippen molar-refractivity contribution in [1.29, 1.82) is 0 Å². The fourth-order valence-corrected chi connectivity index (χ4v) is 5.35. The molecule has 0 aromatic carbocycles. The number of rotatable bonds is 8. The van der Waals surface area contributed by atoms with Crippen LogP contribution in [0.15, 0.2) is 16.4 Å². The van der Waals surface area contributed by atoms with E-state index in [2.05, 4.69) is 20.3 Å². The molecule has 0 radical (unpaired) electrons. The molecule has 2 aliphatic heterocycles. The van der Waals surface area contributed by atoms with E-state index in [9.17, 15) is 24.3 Å². The minimum atomic E-state index is -1.32. The van der Waals surface area contributed by atoms with Crippen LogP contribution < -0.4 is 11.1 Å². The lowest BCUT2D eigenvalue weighted by Gasteiger charge is -2.49. The van der Waals surface area contributed by atoms with Gasteiger partial charge in [-0.3, -0.25) is 14.5 Å². The van der Waals surface area contributed by atoms with Crippen molar-refractivity contribution in [3.8, 4) is 0 Å². The summed E-state index contributed by atoms with van der Waals surface area (Å²) >= 11 is 8.21. The van der Waals surface area contributed by atoms with Gasteiger partial charge in [-0.15, -0.1) is 11.8 Å². The predicted molar refractivity (Wildman–Crippen MR) is 112 cm³/mol. The number of thioether (sulfide) groups is 1. The van der Waals surface area contributed by atoms with Crippen LogP contribution in [0.1, 0.15) is 19.0 Å². The number of hydrogen-bond acceptors (Lipinski definition) is 10. The van der Waals surface area contributed by atoms with Gasteiger partial charge in [-0.2, -0.15) is 0 Å². The summed E-state index contributed by atoms with van der Waals surface area (Å²) in [6, 6.07) is -1.02. The van der Waals surface area contributed by atoms with Crippen LogP contribution in [0.2, 0.25) is 4.34 Å². The Morgan fingerprint density at radius 2 is 2.13 bits per heavy atom. The second kappa shape index (κ2) is 9.11. The Hall–Kier alpha value is -2.84. The Morgan fingerprint density at radius 3 is 2.68 bits per heavy atom. The molecule has 2 aliphatic rings. The van der Waals surface area contributed by atoms with Gasteiger partial charge in [0.15, 0.2) is 10.8 Å². The van der Waals surface area contributed by atoms with Gasteiger partial charge in [0.05, 0.1) is 0 Å². The molecule has 1 saturated heterocycles. The highest BCUT2D eigenvalue weighted by atomic mass is 35.5. The number of nitrogens with one attached hydrogen (secondary N) is 1. The molecule has 2 atom stereocenters. The number of β-lactam (4-membered cyclic amide) rings is 1. The Bertz CT molecular complexity index is 1020. The lowest BCUT2D eigenvalue weighted by atomic mass is 10.0. The summed E-state index contributed by atoms with van der Waals surface area (Å²) in [6.07, 6.45) is 0.476. The molecule has 2 amide bonds. The maximum atomic E-state index is 12.8. The number of carbonyl (C=O) groups excluding carboxylic acids is 2. The minimum Gasteiger partial charge on any atom is -0.479 e. The third kappa shape index (κ3) is 4.45. The number of carboxylic acid groups (broad SMARTS) is 2. The van der Waals surface area contributed by atoms with Crippen molar-refractivity contribution in [2.45, 2.75) is 24.8 Å². The molecule has 15 heteroatoms.